The monoisotopic (exact) mass is 370 g/mol. The summed E-state index contributed by atoms with van der Waals surface area (Å²) in [6.45, 7) is 2.10. The van der Waals surface area contributed by atoms with Crippen LogP contribution in [0, 0.1) is 11.3 Å². The highest BCUT2D eigenvalue weighted by Gasteiger charge is 2.35. The third-order valence-electron chi connectivity index (χ3n) is 4.72. The molecule has 2 aromatic rings. The number of nitrogens with one attached hydrogen (secondary N) is 1. The molecule has 1 aliphatic rings. The molecule has 1 saturated carbocycles. The van der Waals surface area contributed by atoms with Gasteiger partial charge in [-0.05, 0) is 38.7 Å². The number of hydrogen-bond donors (Lipinski definition) is 1. The summed E-state index contributed by atoms with van der Waals surface area (Å²) in [5, 5.41) is 12.8. The largest absolute Gasteiger partial charge is 0.450 e. The molecule has 0 atom stereocenters. The van der Waals surface area contributed by atoms with E-state index in [1.165, 1.54) is 0 Å². The average Bonchev–Trinajstić information content (AvgIpc) is 3.29. The lowest BCUT2D eigenvalue weighted by Gasteiger charge is -2.21. The number of nitriles is 1. The van der Waals surface area contributed by atoms with Crippen molar-refractivity contribution in [3.63, 3.8) is 0 Å². The van der Waals surface area contributed by atoms with E-state index in [0.29, 0.717) is 30.6 Å². The van der Waals surface area contributed by atoms with E-state index in [4.69, 9.17) is 13.9 Å². The summed E-state index contributed by atoms with van der Waals surface area (Å²) in [6.07, 6.45) is 3.03. The van der Waals surface area contributed by atoms with Crippen LogP contribution in [0.2, 0.25) is 0 Å². The van der Waals surface area contributed by atoms with Crippen LogP contribution in [-0.2, 0) is 20.9 Å². The van der Waals surface area contributed by atoms with Crippen molar-refractivity contribution in [2.75, 3.05) is 13.2 Å². The Balaban J connectivity index is 1.69. The number of para-hydroxylation sites is 1. The molecule has 0 spiro atoms. The molecule has 1 aliphatic carbocycles. The highest BCUT2D eigenvalue weighted by molar-refractivity contribution is 5.96. The normalized spacial score (nSPS) is 15.4. The van der Waals surface area contributed by atoms with Crippen LogP contribution in [0.25, 0.3) is 11.0 Å². The van der Waals surface area contributed by atoms with Gasteiger partial charge in [-0.3, -0.25) is 4.79 Å². The minimum absolute atomic E-state index is 0.0355. The summed E-state index contributed by atoms with van der Waals surface area (Å²) in [7, 11) is 0. The number of rotatable bonds is 7. The van der Waals surface area contributed by atoms with E-state index < -0.39 is 24.0 Å². The lowest BCUT2D eigenvalue weighted by molar-refractivity contribution is -0.125. The number of benzene rings is 1. The van der Waals surface area contributed by atoms with Crippen molar-refractivity contribution in [3.05, 3.63) is 35.6 Å². The van der Waals surface area contributed by atoms with Crippen molar-refractivity contribution in [2.45, 2.75) is 44.8 Å². The first-order chi connectivity index (χ1) is 13.1. The Morgan fingerprint density at radius 3 is 2.74 bits per heavy atom. The smallest absolute Gasteiger partial charge is 0.375 e. The zero-order valence-electron chi connectivity index (χ0n) is 15.2. The molecule has 1 fully saturated rings. The van der Waals surface area contributed by atoms with Crippen LogP contribution in [0.3, 0.4) is 0 Å². The molecule has 1 N–H and O–H groups in total. The fraction of sp³-hybridized carbons (Fsp3) is 0.450. The van der Waals surface area contributed by atoms with Crippen molar-refractivity contribution in [3.8, 4) is 6.07 Å². The Kier molecular flexibility index (Phi) is 5.77. The van der Waals surface area contributed by atoms with Crippen LogP contribution < -0.4 is 5.32 Å². The standard InChI is InChI=1S/C20H22N2O5/c1-2-25-11-15-14-7-3-4-8-16(14)27-18(15)19(24)26-12-17(23)22-20(13-21)9-5-6-10-20/h3-4,7-8H,2,5-6,9-12H2,1H3,(H,22,23). The second-order valence-corrected chi connectivity index (χ2v) is 6.57. The van der Waals surface area contributed by atoms with Gasteiger partial charge in [0.2, 0.25) is 5.76 Å². The molecule has 142 valence electrons. The van der Waals surface area contributed by atoms with Gasteiger partial charge in [-0.25, -0.2) is 4.79 Å². The predicted molar refractivity (Wildman–Crippen MR) is 96.8 cm³/mol. The lowest BCUT2D eigenvalue weighted by Crippen LogP contribution is -2.46. The molecule has 7 nitrogen and oxygen atoms in total. The van der Waals surface area contributed by atoms with Crippen molar-refractivity contribution in [1.82, 2.24) is 5.32 Å². The van der Waals surface area contributed by atoms with E-state index in [1.807, 2.05) is 25.1 Å². The maximum absolute atomic E-state index is 12.5. The number of esters is 1. The molecule has 1 aromatic heterocycles. The minimum Gasteiger partial charge on any atom is -0.450 e. The van der Waals surface area contributed by atoms with Crippen LogP contribution in [-0.4, -0.2) is 30.6 Å². The van der Waals surface area contributed by atoms with Crippen LogP contribution in [0.1, 0.15) is 48.7 Å². The molecule has 1 amide bonds. The van der Waals surface area contributed by atoms with E-state index in [2.05, 4.69) is 11.4 Å². The molecule has 0 unspecified atom stereocenters. The first-order valence-corrected chi connectivity index (χ1v) is 9.06. The first kappa shape index (κ1) is 18.9. The Bertz CT molecular complexity index is 874. The molecule has 0 radical (unpaired) electrons. The summed E-state index contributed by atoms with van der Waals surface area (Å²) < 4.78 is 16.2. The number of nitrogens with zero attached hydrogens (tertiary/aromatic N) is 1. The number of hydrogen-bond acceptors (Lipinski definition) is 6. The number of ether oxygens (including phenoxy) is 2. The quantitative estimate of drug-likeness (QED) is 0.752. The van der Waals surface area contributed by atoms with Gasteiger partial charge in [-0.15, -0.1) is 0 Å². The Morgan fingerprint density at radius 1 is 1.30 bits per heavy atom. The second kappa shape index (κ2) is 8.23. The Morgan fingerprint density at radius 2 is 2.04 bits per heavy atom. The molecule has 1 aromatic carbocycles. The zero-order chi connectivity index (χ0) is 19.3. The number of furan rings is 1. The molecular weight excluding hydrogens is 348 g/mol. The van der Waals surface area contributed by atoms with Gasteiger partial charge < -0.3 is 19.2 Å². The molecule has 3 rings (SSSR count). The maximum atomic E-state index is 12.5. The van der Waals surface area contributed by atoms with Crippen molar-refractivity contribution in [1.29, 1.82) is 5.26 Å². The van der Waals surface area contributed by atoms with Crippen LogP contribution in [0.4, 0.5) is 0 Å². The van der Waals surface area contributed by atoms with E-state index in [1.54, 1.807) is 6.07 Å². The minimum atomic E-state index is -0.844. The first-order valence-electron chi connectivity index (χ1n) is 9.06. The molecule has 7 heteroatoms. The fourth-order valence-corrected chi connectivity index (χ4v) is 3.35. The van der Waals surface area contributed by atoms with Crippen molar-refractivity contribution >= 4 is 22.8 Å². The highest BCUT2D eigenvalue weighted by Crippen LogP contribution is 2.29. The fourth-order valence-electron chi connectivity index (χ4n) is 3.35. The van der Waals surface area contributed by atoms with Crippen molar-refractivity contribution < 1.29 is 23.5 Å². The number of carbonyl (C=O) groups excluding carboxylic acids is 2. The molecule has 0 aliphatic heterocycles. The average molecular weight is 370 g/mol. The molecular formula is C20H22N2O5. The molecule has 27 heavy (non-hydrogen) atoms. The van der Waals surface area contributed by atoms with E-state index in [9.17, 15) is 14.9 Å². The molecule has 1 heterocycles. The predicted octanol–water partition coefficient (Wildman–Crippen LogP) is 3.08. The Labute approximate surface area is 157 Å². The number of fused-ring (bicyclic) bond motifs is 1. The van der Waals surface area contributed by atoms with Gasteiger partial charge >= 0.3 is 5.97 Å². The van der Waals surface area contributed by atoms with E-state index >= 15 is 0 Å². The highest BCUT2D eigenvalue weighted by atomic mass is 16.5. The van der Waals surface area contributed by atoms with Gasteiger partial charge in [0.05, 0.1) is 12.7 Å². The van der Waals surface area contributed by atoms with Gasteiger partial charge in [0.15, 0.2) is 6.61 Å². The second-order valence-electron chi connectivity index (χ2n) is 6.57. The summed E-state index contributed by atoms with van der Waals surface area (Å²) in [5.74, 6) is -1.18. The lowest BCUT2D eigenvalue weighted by atomic mass is 10.00. The number of amides is 1. The van der Waals surface area contributed by atoms with E-state index in [0.717, 1.165) is 18.2 Å². The van der Waals surface area contributed by atoms with Gasteiger partial charge in [0.1, 0.15) is 11.1 Å². The summed E-state index contributed by atoms with van der Waals surface area (Å²) in [5.41, 5.74) is 0.309. The molecule has 0 bridgehead atoms. The SMILES string of the molecule is CCOCc1c(C(=O)OCC(=O)NC2(C#N)CCCC2)oc2ccccc12. The van der Waals surface area contributed by atoms with Crippen molar-refractivity contribution in [2.24, 2.45) is 0 Å². The molecule has 0 saturated heterocycles. The van der Waals surface area contributed by atoms with Gasteiger partial charge in [0, 0.05) is 17.6 Å². The third kappa shape index (κ3) is 4.12. The van der Waals surface area contributed by atoms with E-state index in [-0.39, 0.29) is 12.4 Å². The van der Waals surface area contributed by atoms with Crippen LogP contribution in [0.5, 0.6) is 0 Å². The summed E-state index contributed by atoms with van der Waals surface area (Å²) >= 11 is 0. The topological polar surface area (TPSA) is 102 Å². The summed E-state index contributed by atoms with van der Waals surface area (Å²) in [6, 6.07) is 9.42. The zero-order valence-corrected chi connectivity index (χ0v) is 15.2. The van der Waals surface area contributed by atoms with Gasteiger partial charge in [-0.1, -0.05) is 18.2 Å². The third-order valence-corrected chi connectivity index (χ3v) is 4.72. The van der Waals surface area contributed by atoms with Gasteiger partial charge in [0.25, 0.3) is 5.91 Å². The van der Waals surface area contributed by atoms with Crippen LogP contribution in [0.15, 0.2) is 28.7 Å². The van der Waals surface area contributed by atoms with Gasteiger partial charge in [-0.2, -0.15) is 5.26 Å². The maximum Gasteiger partial charge on any atom is 0.375 e. The summed E-state index contributed by atoms with van der Waals surface area (Å²) in [4.78, 5) is 24.6. The Hall–Kier alpha value is -2.85. The number of carbonyl (C=O) groups is 2. The van der Waals surface area contributed by atoms with Crippen LogP contribution >= 0.6 is 0 Å².